The quantitative estimate of drug-likeness (QED) is 0.609. The smallest absolute Gasteiger partial charge is 0.243 e. The zero-order chi connectivity index (χ0) is 22.4. The fraction of sp³-hybridized carbons (Fsp3) is 0.636. The predicted molar refractivity (Wildman–Crippen MR) is 119 cm³/mol. The zero-order valence-corrected chi connectivity index (χ0v) is 19.4. The Kier molecular flexibility index (Phi) is 8.07. The molecular formula is C22H34N4O4S. The number of carbonyl (C=O) groups is 2. The number of amides is 2. The highest BCUT2D eigenvalue weighted by Crippen LogP contribution is 2.22. The summed E-state index contributed by atoms with van der Waals surface area (Å²) in [6, 6.07) is 5.31. The first-order valence-corrected chi connectivity index (χ1v) is 12.6. The van der Waals surface area contributed by atoms with E-state index in [1.807, 2.05) is 13.0 Å². The highest BCUT2D eigenvalue weighted by molar-refractivity contribution is 7.89. The normalized spacial score (nSPS) is 17.6. The minimum atomic E-state index is -3.74. The molecule has 3 rings (SSSR count). The van der Waals surface area contributed by atoms with Crippen molar-refractivity contribution < 1.29 is 18.0 Å². The number of rotatable bonds is 9. The minimum Gasteiger partial charge on any atom is -0.343 e. The van der Waals surface area contributed by atoms with Gasteiger partial charge < -0.3 is 15.1 Å². The number of nitrogens with one attached hydrogen (secondary N) is 1. The molecule has 2 aliphatic rings. The molecule has 0 saturated carbocycles. The van der Waals surface area contributed by atoms with Crippen molar-refractivity contribution in [2.45, 2.75) is 44.4 Å². The van der Waals surface area contributed by atoms with Crippen molar-refractivity contribution in [3.05, 3.63) is 29.3 Å². The van der Waals surface area contributed by atoms with Crippen molar-refractivity contribution in [2.24, 2.45) is 0 Å². The van der Waals surface area contributed by atoms with E-state index in [1.54, 1.807) is 28.9 Å². The Balaban J connectivity index is 1.70. The number of hydrogen-bond donors (Lipinski definition) is 1. The number of aryl methyl sites for hydroxylation is 2. The monoisotopic (exact) mass is 450 g/mol. The van der Waals surface area contributed by atoms with Gasteiger partial charge in [0.2, 0.25) is 21.8 Å². The third-order valence-corrected chi connectivity index (χ3v) is 8.06. The predicted octanol–water partition coefficient (Wildman–Crippen LogP) is 1.13. The third-order valence-electron chi connectivity index (χ3n) is 6.00. The van der Waals surface area contributed by atoms with Crippen LogP contribution in [0.5, 0.6) is 0 Å². The first-order chi connectivity index (χ1) is 14.8. The summed E-state index contributed by atoms with van der Waals surface area (Å²) < 4.78 is 28.3. The molecule has 9 heteroatoms. The van der Waals surface area contributed by atoms with E-state index in [9.17, 15) is 18.0 Å². The van der Waals surface area contributed by atoms with Gasteiger partial charge in [-0.3, -0.25) is 9.59 Å². The molecule has 1 aromatic carbocycles. The molecule has 0 bridgehead atoms. The van der Waals surface area contributed by atoms with E-state index in [2.05, 4.69) is 5.32 Å². The summed E-state index contributed by atoms with van der Waals surface area (Å²) in [7, 11) is -3.74. The molecule has 1 aromatic rings. The summed E-state index contributed by atoms with van der Waals surface area (Å²) in [6.07, 6.45) is 2.15. The van der Waals surface area contributed by atoms with E-state index in [0.29, 0.717) is 38.0 Å². The lowest BCUT2D eigenvalue weighted by Crippen LogP contribution is -2.47. The van der Waals surface area contributed by atoms with Crippen molar-refractivity contribution >= 4 is 21.8 Å². The maximum Gasteiger partial charge on any atom is 0.243 e. The second-order valence-electron chi connectivity index (χ2n) is 8.39. The molecule has 2 fully saturated rings. The lowest BCUT2D eigenvalue weighted by Gasteiger charge is -2.29. The fourth-order valence-corrected chi connectivity index (χ4v) is 5.94. The first-order valence-electron chi connectivity index (χ1n) is 11.1. The lowest BCUT2D eigenvalue weighted by molar-refractivity contribution is -0.131. The van der Waals surface area contributed by atoms with E-state index in [-0.39, 0.29) is 36.2 Å². The van der Waals surface area contributed by atoms with Crippen LogP contribution in [0.25, 0.3) is 0 Å². The van der Waals surface area contributed by atoms with Crippen molar-refractivity contribution in [1.29, 1.82) is 0 Å². The number of nitrogens with zero attached hydrogens (tertiary/aromatic N) is 3. The van der Waals surface area contributed by atoms with Gasteiger partial charge in [-0.2, -0.15) is 4.31 Å². The summed E-state index contributed by atoms with van der Waals surface area (Å²) in [6.45, 7) is 8.28. The van der Waals surface area contributed by atoms with Gasteiger partial charge in [-0.15, -0.1) is 0 Å². The number of carbonyl (C=O) groups excluding carboxylic acids is 2. The van der Waals surface area contributed by atoms with Gasteiger partial charge in [0.25, 0.3) is 0 Å². The Morgan fingerprint density at radius 1 is 1.13 bits per heavy atom. The SMILES string of the molecule is Cc1ccc(S(=O)(=O)N(CCCN2CCCC2=O)CCC(=O)N2CCNCC2)c(C)c1. The second kappa shape index (κ2) is 10.6. The van der Waals surface area contributed by atoms with Crippen molar-refractivity contribution in [3.63, 3.8) is 0 Å². The Hall–Kier alpha value is -1.97. The average Bonchev–Trinajstić information content (AvgIpc) is 3.15. The Morgan fingerprint density at radius 2 is 1.87 bits per heavy atom. The van der Waals surface area contributed by atoms with Gasteiger partial charge in [-0.25, -0.2) is 8.42 Å². The van der Waals surface area contributed by atoms with E-state index in [0.717, 1.165) is 31.6 Å². The van der Waals surface area contributed by atoms with Gasteiger partial charge in [0.15, 0.2) is 0 Å². The van der Waals surface area contributed by atoms with Gasteiger partial charge in [-0.05, 0) is 38.3 Å². The third kappa shape index (κ3) is 6.05. The number of piperazine rings is 1. The molecule has 0 radical (unpaired) electrons. The van der Waals surface area contributed by atoms with Crippen molar-refractivity contribution in [2.75, 3.05) is 52.4 Å². The van der Waals surface area contributed by atoms with Crippen LogP contribution in [-0.2, 0) is 19.6 Å². The van der Waals surface area contributed by atoms with Gasteiger partial charge in [0, 0.05) is 65.2 Å². The molecular weight excluding hydrogens is 416 g/mol. The Bertz CT molecular complexity index is 897. The van der Waals surface area contributed by atoms with Crippen LogP contribution in [-0.4, -0.2) is 86.7 Å². The molecule has 2 amide bonds. The molecule has 0 aromatic heterocycles. The van der Waals surface area contributed by atoms with Gasteiger partial charge >= 0.3 is 0 Å². The Morgan fingerprint density at radius 3 is 2.52 bits per heavy atom. The highest BCUT2D eigenvalue weighted by atomic mass is 32.2. The van der Waals surface area contributed by atoms with E-state index in [1.165, 1.54) is 4.31 Å². The molecule has 172 valence electrons. The van der Waals surface area contributed by atoms with E-state index < -0.39 is 10.0 Å². The molecule has 0 spiro atoms. The van der Waals surface area contributed by atoms with Crippen LogP contribution in [0.1, 0.15) is 36.8 Å². The number of likely N-dealkylation sites (tertiary alicyclic amines) is 1. The number of benzene rings is 1. The summed E-state index contributed by atoms with van der Waals surface area (Å²) in [4.78, 5) is 28.4. The van der Waals surface area contributed by atoms with Crippen molar-refractivity contribution in [3.8, 4) is 0 Å². The first kappa shape index (κ1) is 23.7. The zero-order valence-electron chi connectivity index (χ0n) is 18.6. The molecule has 8 nitrogen and oxygen atoms in total. The van der Waals surface area contributed by atoms with Crippen LogP contribution < -0.4 is 5.32 Å². The summed E-state index contributed by atoms with van der Waals surface area (Å²) in [5, 5.41) is 3.22. The van der Waals surface area contributed by atoms with E-state index in [4.69, 9.17) is 0 Å². The van der Waals surface area contributed by atoms with E-state index >= 15 is 0 Å². The standard InChI is InChI=1S/C22H34N4O4S/c1-18-6-7-20(19(2)17-18)31(29,30)26(13-4-12-24-11-3-5-21(24)27)14-8-22(28)25-15-9-23-10-16-25/h6-7,17,23H,3-5,8-16H2,1-2H3. The van der Waals surface area contributed by atoms with Crippen LogP contribution in [0.15, 0.2) is 23.1 Å². The molecule has 2 saturated heterocycles. The largest absolute Gasteiger partial charge is 0.343 e. The molecule has 0 aliphatic carbocycles. The van der Waals surface area contributed by atoms with Gasteiger partial charge in [-0.1, -0.05) is 17.7 Å². The lowest BCUT2D eigenvalue weighted by atomic mass is 10.2. The van der Waals surface area contributed by atoms with Gasteiger partial charge in [0.05, 0.1) is 4.90 Å². The van der Waals surface area contributed by atoms with Gasteiger partial charge in [0.1, 0.15) is 0 Å². The highest BCUT2D eigenvalue weighted by Gasteiger charge is 2.28. The molecule has 0 unspecified atom stereocenters. The molecule has 1 N–H and O–H groups in total. The topological polar surface area (TPSA) is 90.0 Å². The maximum atomic E-state index is 13.5. The van der Waals surface area contributed by atoms with Crippen LogP contribution in [0.3, 0.4) is 0 Å². The number of hydrogen-bond acceptors (Lipinski definition) is 5. The maximum absolute atomic E-state index is 13.5. The molecule has 2 aliphatic heterocycles. The minimum absolute atomic E-state index is 0.0166. The summed E-state index contributed by atoms with van der Waals surface area (Å²) in [5.41, 5.74) is 1.71. The molecule has 2 heterocycles. The van der Waals surface area contributed by atoms with Crippen LogP contribution in [0.4, 0.5) is 0 Å². The average molecular weight is 451 g/mol. The number of sulfonamides is 1. The van der Waals surface area contributed by atoms with Crippen molar-refractivity contribution in [1.82, 2.24) is 19.4 Å². The van der Waals surface area contributed by atoms with Crippen LogP contribution >= 0.6 is 0 Å². The fourth-order valence-electron chi connectivity index (χ4n) is 4.25. The van der Waals surface area contributed by atoms with Crippen LogP contribution in [0, 0.1) is 13.8 Å². The summed E-state index contributed by atoms with van der Waals surface area (Å²) >= 11 is 0. The molecule has 0 atom stereocenters. The summed E-state index contributed by atoms with van der Waals surface area (Å²) in [5.74, 6) is 0.120. The Labute approximate surface area is 185 Å². The van der Waals surface area contributed by atoms with Crippen LogP contribution in [0.2, 0.25) is 0 Å². The molecule has 31 heavy (non-hydrogen) atoms. The second-order valence-corrected chi connectivity index (χ2v) is 10.3.